The second-order valence-electron chi connectivity index (χ2n) is 5.16. The Hall–Kier alpha value is -1.07. The monoisotopic (exact) mass is 340 g/mol. The van der Waals surface area contributed by atoms with E-state index in [0.717, 1.165) is 19.5 Å². The molecule has 0 radical (unpaired) electrons. The second kappa shape index (κ2) is 7.09. The summed E-state index contributed by atoms with van der Waals surface area (Å²) >= 11 is 3.23. The average molecular weight is 341 g/mol. The van der Waals surface area contributed by atoms with Gasteiger partial charge in [-0.2, -0.15) is 0 Å². The molecule has 4 nitrogen and oxygen atoms in total. The van der Waals surface area contributed by atoms with Gasteiger partial charge in [-0.25, -0.2) is 0 Å². The Morgan fingerprint density at radius 1 is 1.50 bits per heavy atom. The van der Waals surface area contributed by atoms with E-state index in [4.69, 9.17) is 0 Å². The molecule has 1 saturated heterocycles. The van der Waals surface area contributed by atoms with E-state index >= 15 is 0 Å². The highest BCUT2D eigenvalue weighted by Gasteiger charge is 2.20. The van der Waals surface area contributed by atoms with Crippen LogP contribution in [-0.4, -0.2) is 41.6 Å². The first-order chi connectivity index (χ1) is 9.61. The van der Waals surface area contributed by atoms with Crippen molar-refractivity contribution in [2.75, 3.05) is 19.6 Å². The number of phenolic OH excluding ortho intramolecular Hbond substituents is 1. The quantitative estimate of drug-likeness (QED) is 0.886. The summed E-state index contributed by atoms with van der Waals surface area (Å²) in [5.41, 5.74) is 0.531. The van der Waals surface area contributed by atoms with Crippen LogP contribution in [0.25, 0.3) is 0 Å². The van der Waals surface area contributed by atoms with Crippen LogP contribution in [0, 0.1) is 0 Å². The smallest absolute Gasteiger partial charge is 0.254 e. The number of phenols is 1. The molecule has 1 atom stereocenters. The molecule has 1 heterocycles. The van der Waals surface area contributed by atoms with E-state index in [9.17, 15) is 9.90 Å². The number of rotatable bonds is 4. The summed E-state index contributed by atoms with van der Waals surface area (Å²) in [4.78, 5) is 14.3. The predicted molar refractivity (Wildman–Crippen MR) is 83.0 cm³/mol. The molecule has 1 aliphatic heterocycles. The third-order valence-corrected chi connectivity index (χ3v) is 4.39. The van der Waals surface area contributed by atoms with E-state index in [1.165, 1.54) is 18.9 Å². The Morgan fingerprint density at radius 2 is 2.30 bits per heavy atom. The van der Waals surface area contributed by atoms with Gasteiger partial charge in [0.25, 0.3) is 5.91 Å². The van der Waals surface area contributed by atoms with Crippen molar-refractivity contribution in [2.24, 2.45) is 0 Å². The molecule has 0 spiro atoms. The molecule has 2 rings (SSSR count). The van der Waals surface area contributed by atoms with Crippen LogP contribution in [-0.2, 0) is 0 Å². The van der Waals surface area contributed by atoms with Gasteiger partial charge in [0.15, 0.2) is 0 Å². The molecule has 1 aromatic carbocycles. The number of likely N-dealkylation sites (N-methyl/N-ethyl adjacent to an activating group) is 1. The molecule has 1 amide bonds. The molecular formula is C15H21BrN2O2. The van der Waals surface area contributed by atoms with Crippen LogP contribution < -0.4 is 5.32 Å². The van der Waals surface area contributed by atoms with E-state index < -0.39 is 0 Å². The van der Waals surface area contributed by atoms with E-state index in [1.54, 1.807) is 12.1 Å². The standard InChI is InChI=1S/C15H21BrN2O2/c1-2-18(10-12-5-3-4-8-17-12)15(20)11-6-7-13(16)14(19)9-11/h6-7,9,12,17,19H,2-5,8,10H2,1H3. The minimum absolute atomic E-state index is 0.0253. The molecule has 0 bridgehead atoms. The minimum atomic E-state index is -0.0253. The zero-order valence-electron chi connectivity index (χ0n) is 11.7. The molecule has 5 heteroatoms. The van der Waals surface area contributed by atoms with Gasteiger partial charge in [0, 0.05) is 24.7 Å². The Labute approximate surface area is 128 Å². The number of halogens is 1. The highest BCUT2D eigenvalue weighted by molar-refractivity contribution is 9.10. The fraction of sp³-hybridized carbons (Fsp3) is 0.533. The summed E-state index contributed by atoms with van der Waals surface area (Å²) in [7, 11) is 0. The van der Waals surface area contributed by atoms with Crippen LogP contribution in [0.2, 0.25) is 0 Å². The van der Waals surface area contributed by atoms with Gasteiger partial charge in [0.05, 0.1) is 4.47 Å². The molecule has 2 N–H and O–H groups in total. The third-order valence-electron chi connectivity index (χ3n) is 3.72. The van der Waals surface area contributed by atoms with Crippen LogP contribution >= 0.6 is 15.9 Å². The molecule has 1 aromatic rings. The van der Waals surface area contributed by atoms with Crippen molar-refractivity contribution in [3.63, 3.8) is 0 Å². The van der Waals surface area contributed by atoms with Crippen molar-refractivity contribution in [3.8, 4) is 5.75 Å². The lowest BCUT2D eigenvalue weighted by Gasteiger charge is -2.30. The number of aromatic hydroxyl groups is 1. The van der Waals surface area contributed by atoms with E-state index in [2.05, 4.69) is 21.2 Å². The SMILES string of the molecule is CCN(CC1CCCCN1)C(=O)c1ccc(Br)c(O)c1. The van der Waals surface area contributed by atoms with Crippen LogP contribution in [0.15, 0.2) is 22.7 Å². The molecule has 1 fully saturated rings. The number of amides is 1. The molecule has 1 unspecified atom stereocenters. The molecule has 1 aliphatic rings. The average Bonchev–Trinajstić information content (AvgIpc) is 2.48. The summed E-state index contributed by atoms with van der Waals surface area (Å²) in [6.07, 6.45) is 3.56. The largest absolute Gasteiger partial charge is 0.507 e. The number of hydrogen-bond acceptors (Lipinski definition) is 3. The number of piperidine rings is 1. The first-order valence-electron chi connectivity index (χ1n) is 7.13. The first kappa shape index (κ1) is 15.3. The Bertz CT molecular complexity index is 473. The lowest BCUT2D eigenvalue weighted by molar-refractivity contribution is 0.0741. The number of carbonyl (C=O) groups excluding carboxylic acids is 1. The van der Waals surface area contributed by atoms with Gasteiger partial charge in [-0.15, -0.1) is 0 Å². The maximum atomic E-state index is 12.5. The van der Waals surface area contributed by atoms with E-state index in [1.807, 2.05) is 11.8 Å². The Balaban J connectivity index is 2.05. The van der Waals surface area contributed by atoms with Crippen molar-refractivity contribution in [3.05, 3.63) is 28.2 Å². The summed E-state index contributed by atoms with van der Waals surface area (Å²) < 4.78 is 0.603. The lowest BCUT2D eigenvalue weighted by Crippen LogP contribution is -2.45. The topological polar surface area (TPSA) is 52.6 Å². The normalized spacial score (nSPS) is 18.8. The van der Waals surface area contributed by atoms with Gasteiger partial charge in [-0.3, -0.25) is 4.79 Å². The zero-order chi connectivity index (χ0) is 14.5. The summed E-state index contributed by atoms with van der Waals surface area (Å²) in [5.74, 6) is 0.0744. The molecule has 20 heavy (non-hydrogen) atoms. The fourth-order valence-electron chi connectivity index (χ4n) is 2.53. The van der Waals surface area contributed by atoms with Crippen LogP contribution in [0.4, 0.5) is 0 Å². The first-order valence-corrected chi connectivity index (χ1v) is 7.92. The minimum Gasteiger partial charge on any atom is -0.507 e. The molecule has 0 saturated carbocycles. The summed E-state index contributed by atoms with van der Waals surface area (Å²) in [6, 6.07) is 5.35. The van der Waals surface area contributed by atoms with Crippen LogP contribution in [0.1, 0.15) is 36.5 Å². The maximum absolute atomic E-state index is 12.5. The van der Waals surface area contributed by atoms with E-state index in [0.29, 0.717) is 22.6 Å². The van der Waals surface area contributed by atoms with Crippen LogP contribution in [0.3, 0.4) is 0 Å². The maximum Gasteiger partial charge on any atom is 0.254 e. The van der Waals surface area contributed by atoms with Gasteiger partial charge in [-0.1, -0.05) is 6.42 Å². The number of nitrogens with one attached hydrogen (secondary N) is 1. The molecule has 0 aromatic heterocycles. The van der Waals surface area contributed by atoms with Crippen molar-refractivity contribution >= 4 is 21.8 Å². The lowest BCUT2D eigenvalue weighted by atomic mass is 10.0. The number of hydrogen-bond donors (Lipinski definition) is 2. The molecular weight excluding hydrogens is 320 g/mol. The third kappa shape index (κ3) is 3.73. The molecule has 0 aliphatic carbocycles. The fourth-order valence-corrected chi connectivity index (χ4v) is 2.78. The highest BCUT2D eigenvalue weighted by Crippen LogP contribution is 2.25. The number of nitrogens with zero attached hydrogens (tertiary/aromatic N) is 1. The van der Waals surface area contributed by atoms with Gasteiger partial charge in [0.1, 0.15) is 5.75 Å². The van der Waals surface area contributed by atoms with Crippen molar-refractivity contribution in [2.45, 2.75) is 32.2 Å². The van der Waals surface area contributed by atoms with Crippen molar-refractivity contribution in [1.82, 2.24) is 10.2 Å². The summed E-state index contributed by atoms with van der Waals surface area (Å²) in [5, 5.41) is 13.2. The zero-order valence-corrected chi connectivity index (χ0v) is 13.3. The molecule has 110 valence electrons. The van der Waals surface area contributed by atoms with Crippen molar-refractivity contribution in [1.29, 1.82) is 0 Å². The van der Waals surface area contributed by atoms with Gasteiger partial charge in [-0.05, 0) is 60.4 Å². The predicted octanol–water partition coefficient (Wildman–Crippen LogP) is 2.76. The van der Waals surface area contributed by atoms with Gasteiger partial charge in [0.2, 0.25) is 0 Å². The summed E-state index contributed by atoms with van der Waals surface area (Å²) in [6.45, 7) is 4.43. The van der Waals surface area contributed by atoms with E-state index in [-0.39, 0.29) is 11.7 Å². The van der Waals surface area contributed by atoms with Gasteiger partial charge >= 0.3 is 0 Å². The van der Waals surface area contributed by atoms with Crippen molar-refractivity contribution < 1.29 is 9.90 Å². The van der Waals surface area contributed by atoms with Gasteiger partial charge < -0.3 is 15.3 Å². The number of benzene rings is 1. The Morgan fingerprint density at radius 3 is 2.90 bits per heavy atom. The Kier molecular flexibility index (Phi) is 5.43. The van der Waals surface area contributed by atoms with Crippen LogP contribution in [0.5, 0.6) is 5.75 Å². The second-order valence-corrected chi connectivity index (χ2v) is 6.01. The highest BCUT2D eigenvalue weighted by atomic mass is 79.9. The number of carbonyl (C=O) groups is 1.